The molecule has 1 aromatic carbocycles. The summed E-state index contributed by atoms with van der Waals surface area (Å²) < 4.78 is 0. The van der Waals surface area contributed by atoms with Crippen LogP contribution >= 0.6 is 0 Å². The minimum atomic E-state index is -0.178. The third-order valence-corrected chi connectivity index (χ3v) is 3.10. The number of nitrogens with two attached hydrogens (primary N) is 1. The summed E-state index contributed by atoms with van der Waals surface area (Å²) in [6, 6.07) is 9.96. The van der Waals surface area contributed by atoms with Crippen LogP contribution in [0, 0.1) is 13.8 Å². The Bertz CT molecular complexity index is 623. The maximum Gasteiger partial charge on any atom is 0.254 e. The zero-order valence-electron chi connectivity index (χ0n) is 11.8. The molecular formula is C16H19N3O. The second-order valence-electron chi connectivity index (χ2n) is 4.91. The van der Waals surface area contributed by atoms with E-state index in [4.69, 9.17) is 5.73 Å². The van der Waals surface area contributed by atoms with Crippen LogP contribution in [0.15, 0.2) is 36.5 Å². The maximum absolute atomic E-state index is 12.0. The Balaban J connectivity index is 1.92. The number of aromatic nitrogens is 1. The van der Waals surface area contributed by atoms with Gasteiger partial charge in [-0.2, -0.15) is 0 Å². The Morgan fingerprint density at radius 3 is 2.80 bits per heavy atom. The first-order valence-corrected chi connectivity index (χ1v) is 6.62. The standard InChI is InChI=1S/C16H19N3O/c1-11-4-3-5-13(8-11)6-7-18-16(20)14-10-19-12(2)9-15(14)17/h3-5,8-10H,6-7H2,1-2H3,(H2,17,19)(H,18,20). The van der Waals surface area contributed by atoms with E-state index in [-0.39, 0.29) is 5.91 Å². The number of nitrogens with one attached hydrogen (secondary N) is 1. The molecule has 4 nitrogen and oxygen atoms in total. The van der Waals surface area contributed by atoms with Gasteiger partial charge in [-0.05, 0) is 31.9 Å². The monoisotopic (exact) mass is 269 g/mol. The van der Waals surface area contributed by atoms with E-state index >= 15 is 0 Å². The van der Waals surface area contributed by atoms with E-state index in [1.807, 2.05) is 13.0 Å². The minimum absolute atomic E-state index is 0.178. The fourth-order valence-electron chi connectivity index (χ4n) is 2.05. The van der Waals surface area contributed by atoms with Gasteiger partial charge < -0.3 is 11.1 Å². The van der Waals surface area contributed by atoms with Gasteiger partial charge in [-0.25, -0.2) is 0 Å². The Kier molecular flexibility index (Phi) is 4.35. The predicted molar refractivity (Wildman–Crippen MR) is 80.6 cm³/mol. The molecule has 0 saturated heterocycles. The van der Waals surface area contributed by atoms with E-state index in [2.05, 4.69) is 35.4 Å². The molecule has 3 N–H and O–H groups in total. The van der Waals surface area contributed by atoms with E-state index in [0.717, 1.165) is 12.1 Å². The first-order valence-electron chi connectivity index (χ1n) is 6.62. The zero-order valence-corrected chi connectivity index (χ0v) is 11.8. The molecule has 4 heteroatoms. The number of nitrogen functional groups attached to an aromatic ring is 1. The first-order chi connectivity index (χ1) is 9.56. The van der Waals surface area contributed by atoms with Gasteiger partial charge in [-0.3, -0.25) is 9.78 Å². The van der Waals surface area contributed by atoms with Gasteiger partial charge in [0.05, 0.1) is 5.56 Å². The molecule has 0 unspecified atom stereocenters. The molecule has 0 atom stereocenters. The molecule has 1 heterocycles. The average molecular weight is 269 g/mol. The van der Waals surface area contributed by atoms with Gasteiger partial charge in [0.15, 0.2) is 0 Å². The van der Waals surface area contributed by atoms with Gasteiger partial charge in [-0.1, -0.05) is 29.8 Å². The Morgan fingerprint density at radius 2 is 2.10 bits per heavy atom. The van der Waals surface area contributed by atoms with Gasteiger partial charge in [0.1, 0.15) is 0 Å². The molecule has 1 amide bonds. The SMILES string of the molecule is Cc1cccc(CCNC(=O)c2cnc(C)cc2N)c1. The Labute approximate surface area is 119 Å². The largest absolute Gasteiger partial charge is 0.398 e. The predicted octanol–water partition coefficient (Wildman–Crippen LogP) is 2.25. The number of carbonyl (C=O) groups is 1. The average Bonchev–Trinajstić information content (AvgIpc) is 2.38. The number of hydrogen-bond donors (Lipinski definition) is 2. The molecule has 1 aromatic heterocycles. The first kappa shape index (κ1) is 14.1. The van der Waals surface area contributed by atoms with Crippen molar-refractivity contribution in [2.24, 2.45) is 0 Å². The second kappa shape index (κ2) is 6.19. The molecule has 0 radical (unpaired) electrons. The number of carbonyl (C=O) groups excluding carboxylic acids is 1. The van der Waals surface area contributed by atoms with Crippen LogP contribution in [0.1, 0.15) is 27.2 Å². The topological polar surface area (TPSA) is 68.0 Å². The molecule has 0 spiro atoms. The van der Waals surface area contributed by atoms with Crippen LogP contribution in [-0.2, 0) is 6.42 Å². The fourth-order valence-corrected chi connectivity index (χ4v) is 2.05. The van der Waals surface area contributed by atoms with Gasteiger partial charge in [0, 0.05) is 24.1 Å². The van der Waals surface area contributed by atoms with Crippen LogP contribution in [0.5, 0.6) is 0 Å². The molecule has 0 aliphatic heterocycles. The van der Waals surface area contributed by atoms with Crippen molar-refractivity contribution in [3.05, 3.63) is 58.9 Å². The van der Waals surface area contributed by atoms with E-state index < -0.39 is 0 Å². The van der Waals surface area contributed by atoms with Crippen LogP contribution in [0.4, 0.5) is 5.69 Å². The Morgan fingerprint density at radius 1 is 1.30 bits per heavy atom. The maximum atomic E-state index is 12.0. The lowest BCUT2D eigenvalue weighted by Gasteiger charge is -2.08. The number of nitrogens with zero attached hydrogens (tertiary/aromatic N) is 1. The summed E-state index contributed by atoms with van der Waals surface area (Å²) >= 11 is 0. The smallest absolute Gasteiger partial charge is 0.254 e. The summed E-state index contributed by atoms with van der Waals surface area (Å²) in [4.78, 5) is 16.1. The molecule has 2 rings (SSSR count). The molecular weight excluding hydrogens is 250 g/mol. The lowest BCUT2D eigenvalue weighted by molar-refractivity contribution is 0.0954. The minimum Gasteiger partial charge on any atom is -0.398 e. The lowest BCUT2D eigenvalue weighted by Crippen LogP contribution is -2.26. The number of aryl methyl sites for hydroxylation is 2. The molecule has 0 bridgehead atoms. The molecule has 104 valence electrons. The van der Waals surface area contributed by atoms with Crippen LogP contribution in [0.2, 0.25) is 0 Å². The molecule has 20 heavy (non-hydrogen) atoms. The fraction of sp³-hybridized carbons (Fsp3) is 0.250. The summed E-state index contributed by atoms with van der Waals surface area (Å²) in [5.41, 5.74) is 9.95. The molecule has 0 aliphatic rings. The molecule has 0 fully saturated rings. The third-order valence-electron chi connectivity index (χ3n) is 3.10. The highest BCUT2D eigenvalue weighted by atomic mass is 16.1. The van der Waals surface area contributed by atoms with Crippen LogP contribution < -0.4 is 11.1 Å². The highest BCUT2D eigenvalue weighted by Crippen LogP contribution is 2.11. The van der Waals surface area contributed by atoms with Crippen molar-refractivity contribution in [3.8, 4) is 0 Å². The van der Waals surface area contributed by atoms with Gasteiger partial charge in [0.25, 0.3) is 5.91 Å². The second-order valence-corrected chi connectivity index (χ2v) is 4.91. The summed E-state index contributed by atoms with van der Waals surface area (Å²) in [5.74, 6) is -0.178. The van der Waals surface area contributed by atoms with Crippen molar-refractivity contribution in [1.29, 1.82) is 0 Å². The van der Waals surface area contributed by atoms with Crippen molar-refractivity contribution in [1.82, 2.24) is 10.3 Å². The summed E-state index contributed by atoms with van der Waals surface area (Å²) in [6.45, 7) is 4.48. The van der Waals surface area contributed by atoms with E-state index in [0.29, 0.717) is 17.8 Å². The molecule has 2 aromatic rings. The molecule has 0 saturated carbocycles. The van der Waals surface area contributed by atoms with Crippen molar-refractivity contribution in [3.63, 3.8) is 0 Å². The number of benzene rings is 1. The number of rotatable bonds is 4. The number of amides is 1. The van der Waals surface area contributed by atoms with Crippen molar-refractivity contribution in [2.75, 3.05) is 12.3 Å². The highest BCUT2D eigenvalue weighted by Gasteiger charge is 2.09. The highest BCUT2D eigenvalue weighted by molar-refractivity contribution is 5.98. The van der Waals surface area contributed by atoms with E-state index in [9.17, 15) is 4.79 Å². The summed E-state index contributed by atoms with van der Waals surface area (Å²) in [7, 11) is 0. The number of anilines is 1. The van der Waals surface area contributed by atoms with E-state index in [1.165, 1.54) is 17.3 Å². The van der Waals surface area contributed by atoms with Crippen LogP contribution in [0.3, 0.4) is 0 Å². The summed E-state index contributed by atoms with van der Waals surface area (Å²) in [6.07, 6.45) is 2.32. The van der Waals surface area contributed by atoms with E-state index in [1.54, 1.807) is 6.07 Å². The van der Waals surface area contributed by atoms with Crippen molar-refractivity contribution >= 4 is 11.6 Å². The van der Waals surface area contributed by atoms with Crippen molar-refractivity contribution < 1.29 is 4.79 Å². The van der Waals surface area contributed by atoms with Crippen LogP contribution in [0.25, 0.3) is 0 Å². The van der Waals surface area contributed by atoms with Gasteiger partial charge in [-0.15, -0.1) is 0 Å². The number of hydrogen-bond acceptors (Lipinski definition) is 3. The van der Waals surface area contributed by atoms with Crippen molar-refractivity contribution in [2.45, 2.75) is 20.3 Å². The van der Waals surface area contributed by atoms with Gasteiger partial charge >= 0.3 is 0 Å². The van der Waals surface area contributed by atoms with Gasteiger partial charge in [0.2, 0.25) is 0 Å². The number of pyridine rings is 1. The van der Waals surface area contributed by atoms with Crippen LogP contribution in [-0.4, -0.2) is 17.4 Å². The zero-order chi connectivity index (χ0) is 14.5. The third kappa shape index (κ3) is 3.57. The quantitative estimate of drug-likeness (QED) is 0.894. The summed E-state index contributed by atoms with van der Waals surface area (Å²) in [5, 5.41) is 2.87. The lowest BCUT2D eigenvalue weighted by atomic mass is 10.1. The molecule has 0 aliphatic carbocycles. The Hall–Kier alpha value is -2.36. The normalized spacial score (nSPS) is 10.3.